The average molecular weight is 272 g/mol. The van der Waals surface area contributed by atoms with Gasteiger partial charge in [-0.05, 0) is 30.0 Å². The molecule has 0 aromatic heterocycles. The fourth-order valence-corrected chi connectivity index (χ4v) is 2.21. The summed E-state index contributed by atoms with van der Waals surface area (Å²) in [5, 5.41) is 0. The highest BCUT2D eigenvalue weighted by Gasteiger charge is 2.27. The average Bonchev–Trinajstić information content (AvgIpc) is 3.02. The molecule has 3 rings (SSSR count). The van der Waals surface area contributed by atoms with E-state index in [1.807, 2.05) is 12.1 Å². The lowest BCUT2D eigenvalue weighted by atomic mass is 10.0. The topological polar surface area (TPSA) is 53.7 Å². The smallest absolute Gasteiger partial charge is 0.231 e. The van der Waals surface area contributed by atoms with E-state index < -0.39 is 0 Å². The summed E-state index contributed by atoms with van der Waals surface area (Å²) in [7, 11) is 1.63. The molecule has 1 saturated carbocycles. The summed E-state index contributed by atoms with van der Waals surface area (Å²) in [6.07, 6.45) is 3.67. The van der Waals surface area contributed by atoms with Crippen LogP contribution in [0.2, 0.25) is 0 Å². The second-order valence-electron chi connectivity index (χ2n) is 4.74. The molecule has 2 aliphatic rings. The molecule has 18 heavy (non-hydrogen) atoms. The Bertz CT molecular complexity index is 434. The fraction of sp³-hybridized carbons (Fsp3) is 0.538. The van der Waals surface area contributed by atoms with E-state index in [1.165, 1.54) is 12.8 Å². The molecule has 1 fully saturated rings. The fourth-order valence-electron chi connectivity index (χ4n) is 2.21. The van der Waals surface area contributed by atoms with Crippen LogP contribution in [0.15, 0.2) is 12.1 Å². The largest absolute Gasteiger partial charge is 0.493 e. The van der Waals surface area contributed by atoms with Gasteiger partial charge in [0.15, 0.2) is 11.5 Å². The number of nitrogens with two attached hydrogens (primary N) is 1. The quantitative estimate of drug-likeness (QED) is 0.915. The first-order valence-electron chi connectivity index (χ1n) is 6.01. The monoisotopic (exact) mass is 271 g/mol. The van der Waals surface area contributed by atoms with Gasteiger partial charge in [-0.2, -0.15) is 0 Å². The van der Waals surface area contributed by atoms with Gasteiger partial charge in [-0.25, -0.2) is 0 Å². The number of rotatable bonds is 4. The van der Waals surface area contributed by atoms with Crippen LogP contribution in [0.5, 0.6) is 17.2 Å². The van der Waals surface area contributed by atoms with E-state index >= 15 is 0 Å². The Kier molecular flexibility index (Phi) is 3.88. The Hall–Kier alpha value is -1.13. The molecule has 0 bridgehead atoms. The van der Waals surface area contributed by atoms with Crippen molar-refractivity contribution in [3.05, 3.63) is 17.7 Å². The van der Waals surface area contributed by atoms with E-state index in [-0.39, 0.29) is 25.2 Å². The zero-order valence-electron chi connectivity index (χ0n) is 10.3. The lowest BCUT2D eigenvalue weighted by Crippen LogP contribution is -2.11. The number of halogens is 1. The minimum atomic E-state index is 0. The van der Waals surface area contributed by atoms with Crippen LogP contribution < -0.4 is 19.9 Å². The van der Waals surface area contributed by atoms with Crippen molar-refractivity contribution in [1.82, 2.24) is 0 Å². The van der Waals surface area contributed by atoms with Gasteiger partial charge in [0.25, 0.3) is 0 Å². The van der Waals surface area contributed by atoms with Gasteiger partial charge in [-0.15, -0.1) is 12.4 Å². The maximum absolute atomic E-state index is 6.20. The maximum Gasteiger partial charge on any atom is 0.231 e. The molecule has 1 aliphatic heterocycles. The lowest BCUT2D eigenvalue weighted by molar-refractivity contribution is 0.171. The molecule has 1 aliphatic carbocycles. The third kappa shape index (κ3) is 2.49. The third-order valence-corrected chi connectivity index (χ3v) is 3.39. The summed E-state index contributed by atoms with van der Waals surface area (Å²) in [6.45, 7) is 0.257. The Balaban J connectivity index is 0.00000120. The van der Waals surface area contributed by atoms with Gasteiger partial charge in [0, 0.05) is 6.04 Å². The highest BCUT2D eigenvalue weighted by Crippen LogP contribution is 2.44. The van der Waals surface area contributed by atoms with Crippen molar-refractivity contribution in [1.29, 1.82) is 0 Å². The van der Waals surface area contributed by atoms with Crippen molar-refractivity contribution in [3.63, 3.8) is 0 Å². The third-order valence-electron chi connectivity index (χ3n) is 3.39. The van der Waals surface area contributed by atoms with Crippen molar-refractivity contribution in [3.8, 4) is 17.2 Å². The summed E-state index contributed by atoms with van der Waals surface area (Å²) in [6, 6.07) is 3.99. The predicted octanol–water partition coefficient (Wildman–Crippen LogP) is 2.65. The summed E-state index contributed by atoms with van der Waals surface area (Å²) < 4.78 is 16.1. The molecule has 0 spiro atoms. The molecule has 4 nitrogen and oxygen atoms in total. The standard InChI is InChI=1S/C13H17NO3.ClH/c1-15-11-5-9(10(14)4-8-2-3-8)6-12-13(11)17-7-16-12;/h5-6,8,10H,2-4,7,14H2,1H3;1H/t10-;/m0./s1. The Morgan fingerprint density at radius 1 is 1.39 bits per heavy atom. The minimum absolute atomic E-state index is 0. The maximum atomic E-state index is 6.20. The van der Waals surface area contributed by atoms with Crippen LogP contribution in [0.25, 0.3) is 0 Å². The van der Waals surface area contributed by atoms with E-state index in [9.17, 15) is 0 Å². The molecule has 1 heterocycles. The van der Waals surface area contributed by atoms with Crippen molar-refractivity contribution < 1.29 is 14.2 Å². The van der Waals surface area contributed by atoms with Crippen LogP contribution in [0, 0.1) is 5.92 Å². The molecule has 1 atom stereocenters. The number of benzene rings is 1. The number of methoxy groups -OCH3 is 1. The summed E-state index contributed by atoms with van der Waals surface area (Å²) in [4.78, 5) is 0. The zero-order chi connectivity index (χ0) is 11.8. The second kappa shape index (κ2) is 5.24. The van der Waals surface area contributed by atoms with Gasteiger partial charge in [0.2, 0.25) is 12.5 Å². The van der Waals surface area contributed by atoms with E-state index in [2.05, 4.69) is 0 Å². The minimum Gasteiger partial charge on any atom is -0.493 e. The van der Waals surface area contributed by atoms with Crippen LogP contribution in [0.1, 0.15) is 30.9 Å². The van der Waals surface area contributed by atoms with Crippen molar-refractivity contribution in [2.45, 2.75) is 25.3 Å². The molecule has 1 aromatic carbocycles. The molecule has 0 amide bonds. The van der Waals surface area contributed by atoms with Crippen molar-refractivity contribution >= 4 is 12.4 Å². The van der Waals surface area contributed by atoms with Crippen LogP contribution in [0.3, 0.4) is 0 Å². The number of fused-ring (bicyclic) bond motifs is 1. The molecule has 5 heteroatoms. The van der Waals surface area contributed by atoms with Gasteiger partial charge >= 0.3 is 0 Å². The van der Waals surface area contributed by atoms with Crippen molar-refractivity contribution in [2.75, 3.05) is 13.9 Å². The number of hydrogen-bond donors (Lipinski definition) is 1. The first-order valence-corrected chi connectivity index (χ1v) is 6.01. The van der Waals surface area contributed by atoms with E-state index in [4.69, 9.17) is 19.9 Å². The van der Waals surface area contributed by atoms with E-state index in [1.54, 1.807) is 7.11 Å². The summed E-state index contributed by atoms with van der Waals surface area (Å²) >= 11 is 0. The molecule has 0 saturated heterocycles. The molecule has 0 unspecified atom stereocenters. The predicted molar refractivity (Wildman–Crippen MR) is 70.6 cm³/mol. The Morgan fingerprint density at radius 3 is 2.83 bits per heavy atom. The first-order chi connectivity index (χ1) is 8.28. The SMILES string of the molecule is COc1cc([C@@H](N)CC2CC2)cc2c1OCO2.Cl. The molecule has 100 valence electrons. The molecular weight excluding hydrogens is 254 g/mol. The molecule has 0 radical (unpaired) electrons. The van der Waals surface area contributed by atoms with Crippen LogP contribution >= 0.6 is 12.4 Å². The van der Waals surface area contributed by atoms with Gasteiger partial charge in [-0.3, -0.25) is 0 Å². The molecule has 1 aromatic rings. The Labute approximate surface area is 113 Å². The van der Waals surface area contributed by atoms with Gasteiger partial charge in [0.1, 0.15) is 0 Å². The lowest BCUT2D eigenvalue weighted by Gasteiger charge is -2.14. The zero-order valence-corrected chi connectivity index (χ0v) is 11.2. The highest BCUT2D eigenvalue weighted by atomic mass is 35.5. The van der Waals surface area contributed by atoms with E-state index in [0.717, 1.165) is 23.7 Å². The van der Waals surface area contributed by atoms with E-state index in [0.29, 0.717) is 11.5 Å². The van der Waals surface area contributed by atoms with Gasteiger partial charge in [0.05, 0.1) is 7.11 Å². The van der Waals surface area contributed by atoms with Crippen LogP contribution in [-0.4, -0.2) is 13.9 Å². The van der Waals surface area contributed by atoms with Crippen LogP contribution in [0.4, 0.5) is 0 Å². The Morgan fingerprint density at radius 2 is 2.17 bits per heavy atom. The van der Waals surface area contributed by atoms with Crippen molar-refractivity contribution in [2.24, 2.45) is 11.7 Å². The van der Waals surface area contributed by atoms with Gasteiger partial charge in [-0.1, -0.05) is 12.8 Å². The normalized spacial score (nSPS) is 18.1. The molecular formula is C13H18ClNO3. The molecule has 2 N–H and O–H groups in total. The van der Waals surface area contributed by atoms with Gasteiger partial charge < -0.3 is 19.9 Å². The number of ether oxygens (including phenoxy) is 3. The number of hydrogen-bond acceptors (Lipinski definition) is 4. The first kappa shape index (κ1) is 13.3. The summed E-state index contributed by atoms with van der Waals surface area (Å²) in [5.74, 6) is 2.95. The second-order valence-corrected chi connectivity index (χ2v) is 4.74. The highest BCUT2D eigenvalue weighted by molar-refractivity contribution is 5.85. The summed E-state index contributed by atoms with van der Waals surface area (Å²) in [5.41, 5.74) is 7.27. The van der Waals surface area contributed by atoms with Crippen LogP contribution in [-0.2, 0) is 0 Å².